The Hall–Kier alpha value is -2.52. The lowest BCUT2D eigenvalue weighted by molar-refractivity contribution is -0.142. The van der Waals surface area contributed by atoms with Gasteiger partial charge in [-0.2, -0.15) is 0 Å². The minimum absolute atomic E-state index is 0.0179. The molecule has 2 amide bonds. The first-order valence-electron chi connectivity index (χ1n) is 12.3. The molecule has 3 rings (SSSR count). The Labute approximate surface area is 200 Å². The average Bonchev–Trinajstić information content (AvgIpc) is 3.51. The van der Waals surface area contributed by atoms with Crippen LogP contribution in [0.2, 0.25) is 0 Å². The summed E-state index contributed by atoms with van der Waals surface area (Å²) in [6, 6.07) is 0. The third kappa shape index (κ3) is 6.54. The van der Waals surface area contributed by atoms with E-state index in [0.717, 1.165) is 18.8 Å². The second-order valence-corrected chi connectivity index (χ2v) is 9.70. The molecule has 3 saturated carbocycles. The SMILES string of the molecule is COC(=O)CCOC(=O)NCCC1CCC2C1C1CCC2(CCNC(=O)OCCC(=O)OC)C1. The first kappa shape index (κ1) is 26.1. The van der Waals surface area contributed by atoms with Crippen molar-refractivity contribution >= 4 is 24.1 Å². The van der Waals surface area contributed by atoms with E-state index < -0.39 is 24.1 Å². The molecule has 34 heavy (non-hydrogen) atoms. The molecule has 2 bridgehead atoms. The third-order valence-corrected chi connectivity index (χ3v) is 8.08. The molecule has 3 aliphatic rings. The number of fused-ring (bicyclic) bond motifs is 5. The Morgan fingerprint density at radius 1 is 0.853 bits per heavy atom. The minimum Gasteiger partial charge on any atom is -0.469 e. The van der Waals surface area contributed by atoms with Gasteiger partial charge in [0.1, 0.15) is 13.2 Å². The van der Waals surface area contributed by atoms with Gasteiger partial charge in [0.2, 0.25) is 0 Å². The first-order valence-corrected chi connectivity index (χ1v) is 12.3. The van der Waals surface area contributed by atoms with Gasteiger partial charge in [-0.3, -0.25) is 9.59 Å². The molecule has 10 nitrogen and oxygen atoms in total. The Bertz CT molecular complexity index is 744. The zero-order valence-corrected chi connectivity index (χ0v) is 20.3. The summed E-state index contributed by atoms with van der Waals surface area (Å²) in [6.07, 6.45) is 7.08. The Balaban J connectivity index is 1.36. The molecular formula is C24H38N2O8. The summed E-state index contributed by atoms with van der Waals surface area (Å²) in [5.74, 6) is 1.90. The van der Waals surface area contributed by atoms with Gasteiger partial charge >= 0.3 is 24.1 Å². The highest BCUT2D eigenvalue weighted by molar-refractivity contribution is 5.71. The van der Waals surface area contributed by atoms with Gasteiger partial charge in [0.05, 0.1) is 27.1 Å². The Kier molecular flexibility index (Phi) is 9.41. The van der Waals surface area contributed by atoms with Crippen LogP contribution >= 0.6 is 0 Å². The molecule has 10 heteroatoms. The molecule has 3 aliphatic carbocycles. The molecule has 192 valence electrons. The number of rotatable bonds is 12. The smallest absolute Gasteiger partial charge is 0.407 e. The molecule has 0 aromatic carbocycles. The van der Waals surface area contributed by atoms with Crippen molar-refractivity contribution in [3.8, 4) is 0 Å². The van der Waals surface area contributed by atoms with Gasteiger partial charge in [-0.25, -0.2) is 9.59 Å². The molecule has 0 saturated heterocycles. The standard InChI is InChI=1S/C24H38N2O8/c1-31-19(27)7-13-33-22(29)25-11-6-16-3-4-18-21(16)17-5-9-24(18,15-17)10-12-26-23(30)34-14-8-20(28)32-2/h16-18,21H,3-15H2,1-2H3,(H,25,29)(H,26,30). The number of amides is 2. The van der Waals surface area contributed by atoms with Crippen molar-refractivity contribution in [3.63, 3.8) is 0 Å². The van der Waals surface area contributed by atoms with Crippen LogP contribution in [0.25, 0.3) is 0 Å². The summed E-state index contributed by atoms with van der Waals surface area (Å²) in [5, 5.41) is 5.65. The van der Waals surface area contributed by atoms with Crippen molar-refractivity contribution in [2.75, 3.05) is 40.5 Å². The fourth-order valence-electron chi connectivity index (χ4n) is 6.68. The number of alkyl carbamates (subject to hydrolysis) is 2. The number of hydrogen-bond acceptors (Lipinski definition) is 8. The molecule has 5 atom stereocenters. The largest absolute Gasteiger partial charge is 0.469 e. The minimum atomic E-state index is -0.493. The van der Waals surface area contributed by atoms with Gasteiger partial charge in [0.25, 0.3) is 0 Å². The highest BCUT2D eigenvalue weighted by Crippen LogP contribution is 2.68. The van der Waals surface area contributed by atoms with E-state index in [0.29, 0.717) is 36.3 Å². The summed E-state index contributed by atoms with van der Waals surface area (Å²) in [7, 11) is 2.61. The highest BCUT2D eigenvalue weighted by Gasteiger charge is 2.60. The molecular weight excluding hydrogens is 444 g/mol. The fourth-order valence-corrected chi connectivity index (χ4v) is 6.68. The van der Waals surface area contributed by atoms with Crippen molar-refractivity contribution in [1.82, 2.24) is 10.6 Å². The first-order chi connectivity index (χ1) is 16.4. The lowest BCUT2D eigenvalue weighted by atomic mass is 9.68. The number of ether oxygens (including phenoxy) is 4. The lowest BCUT2D eigenvalue weighted by Gasteiger charge is -2.37. The van der Waals surface area contributed by atoms with Crippen molar-refractivity contribution in [1.29, 1.82) is 0 Å². The van der Waals surface area contributed by atoms with Gasteiger partial charge in [0, 0.05) is 13.1 Å². The highest BCUT2D eigenvalue weighted by atomic mass is 16.6. The van der Waals surface area contributed by atoms with Crippen LogP contribution in [-0.2, 0) is 28.5 Å². The second-order valence-electron chi connectivity index (χ2n) is 9.70. The monoisotopic (exact) mass is 482 g/mol. The summed E-state index contributed by atoms with van der Waals surface area (Å²) in [5.41, 5.74) is 0.295. The van der Waals surface area contributed by atoms with Gasteiger partial charge in [-0.1, -0.05) is 0 Å². The summed E-state index contributed by atoms with van der Waals surface area (Å²) in [6.45, 7) is 1.19. The maximum Gasteiger partial charge on any atom is 0.407 e. The summed E-state index contributed by atoms with van der Waals surface area (Å²) >= 11 is 0. The summed E-state index contributed by atoms with van der Waals surface area (Å²) in [4.78, 5) is 45.9. The van der Waals surface area contributed by atoms with Crippen molar-refractivity contribution in [2.24, 2.45) is 29.1 Å². The second kappa shape index (κ2) is 12.3. The molecule has 3 fully saturated rings. The Morgan fingerprint density at radius 2 is 1.47 bits per heavy atom. The van der Waals surface area contributed by atoms with E-state index in [1.54, 1.807) is 0 Å². The zero-order valence-electron chi connectivity index (χ0n) is 20.3. The van der Waals surface area contributed by atoms with E-state index in [1.807, 2.05) is 0 Å². The van der Waals surface area contributed by atoms with E-state index in [9.17, 15) is 19.2 Å². The van der Waals surface area contributed by atoms with Crippen LogP contribution in [0.1, 0.15) is 57.8 Å². The number of esters is 2. The van der Waals surface area contributed by atoms with Crippen LogP contribution in [-0.4, -0.2) is 64.6 Å². The quantitative estimate of drug-likeness (QED) is 0.321. The molecule has 0 spiro atoms. The van der Waals surface area contributed by atoms with Crippen LogP contribution in [0.3, 0.4) is 0 Å². The molecule has 0 aromatic heterocycles. The van der Waals surface area contributed by atoms with E-state index in [-0.39, 0.29) is 26.1 Å². The predicted molar refractivity (Wildman–Crippen MR) is 121 cm³/mol. The lowest BCUT2D eigenvalue weighted by Crippen LogP contribution is -2.35. The van der Waals surface area contributed by atoms with E-state index in [2.05, 4.69) is 20.1 Å². The van der Waals surface area contributed by atoms with Gasteiger partial charge < -0.3 is 29.6 Å². The number of methoxy groups -OCH3 is 2. The molecule has 0 aliphatic heterocycles. The van der Waals surface area contributed by atoms with Gasteiger partial charge in [-0.05, 0) is 74.0 Å². The van der Waals surface area contributed by atoms with Crippen LogP contribution in [0.5, 0.6) is 0 Å². The van der Waals surface area contributed by atoms with E-state index >= 15 is 0 Å². The van der Waals surface area contributed by atoms with Crippen molar-refractivity contribution < 1.29 is 38.1 Å². The van der Waals surface area contributed by atoms with Crippen LogP contribution in [0.4, 0.5) is 9.59 Å². The molecule has 0 heterocycles. The van der Waals surface area contributed by atoms with Crippen LogP contribution < -0.4 is 10.6 Å². The van der Waals surface area contributed by atoms with Gasteiger partial charge in [0.15, 0.2) is 0 Å². The van der Waals surface area contributed by atoms with Gasteiger partial charge in [-0.15, -0.1) is 0 Å². The number of nitrogens with one attached hydrogen (secondary N) is 2. The van der Waals surface area contributed by atoms with E-state index in [4.69, 9.17) is 9.47 Å². The molecule has 5 unspecified atom stereocenters. The summed E-state index contributed by atoms with van der Waals surface area (Å²) < 4.78 is 19.1. The Morgan fingerprint density at radius 3 is 2.09 bits per heavy atom. The van der Waals surface area contributed by atoms with Crippen molar-refractivity contribution in [2.45, 2.75) is 57.8 Å². The average molecular weight is 483 g/mol. The van der Waals surface area contributed by atoms with Crippen molar-refractivity contribution in [3.05, 3.63) is 0 Å². The molecule has 0 radical (unpaired) electrons. The normalized spacial score (nSPS) is 28.6. The molecule has 2 N–H and O–H groups in total. The third-order valence-electron chi connectivity index (χ3n) is 8.08. The zero-order chi connectivity index (χ0) is 24.6. The van der Waals surface area contributed by atoms with E-state index in [1.165, 1.54) is 46.3 Å². The van der Waals surface area contributed by atoms with Crippen LogP contribution in [0, 0.1) is 29.1 Å². The number of hydrogen-bond donors (Lipinski definition) is 2. The number of carbonyl (C=O) groups excluding carboxylic acids is 4. The number of carbonyl (C=O) groups is 4. The fraction of sp³-hybridized carbons (Fsp3) is 0.833. The maximum atomic E-state index is 11.9. The predicted octanol–water partition coefficient (Wildman–Crippen LogP) is 2.79. The maximum absolute atomic E-state index is 11.9. The molecule has 0 aromatic rings. The van der Waals surface area contributed by atoms with Crippen LogP contribution in [0.15, 0.2) is 0 Å². The topological polar surface area (TPSA) is 129 Å².